The minimum absolute atomic E-state index is 0.00379. The standard InChI is InChI=1S/C19H21NO4/c1-19(2,3)15-8-4-13(5-9-15)17(12-18(21)22)14-6-10-16(11-7-14)20(23)24/h4-11,17H,12H2,1-3H3,(H,21,22). The number of rotatable bonds is 5. The number of hydrogen-bond acceptors (Lipinski definition) is 3. The van der Waals surface area contributed by atoms with Gasteiger partial charge in [0.25, 0.3) is 5.69 Å². The van der Waals surface area contributed by atoms with Crippen molar-refractivity contribution < 1.29 is 14.8 Å². The predicted octanol–water partition coefficient (Wildman–Crippen LogP) is 4.50. The molecule has 1 N–H and O–H groups in total. The fourth-order valence-electron chi connectivity index (χ4n) is 2.65. The molecule has 0 aromatic heterocycles. The molecule has 0 aliphatic carbocycles. The van der Waals surface area contributed by atoms with E-state index < -0.39 is 10.9 Å². The van der Waals surface area contributed by atoms with Crippen molar-refractivity contribution in [2.24, 2.45) is 0 Å². The zero-order chi connectivity index (χ0) is 17.9. The Morgan fingerprint density at radius 3 is 1.88 bits per heavy atom. The van der Waals surface area contributed by atoms with Crippen LogP contribution in [0.4, 0.5) is 5.69 Å². The Balaban J connectivity index is 2.38. The second-order valence-corrected chi connectivity index (χ2v) is 6.87. The maximum Gasteiger partial charge on any atom is 0.304 e. The Kier molecular flexibility index (Phi) is 5.02. The summed E-state index contributed by atoms with van der Waals surface area (Å²) in [5, 5.41) is 20.0. The van der Waals surface area contributed by atoms with Gasteiger partial charge in [-0.15, -0.1) is 0 Å². The van der Waals surface area contributed by atoms with Crippen LogP contribution in [-0.4, -0.2) is 16.0 Å². The number of hydrogen-bond donors (Lipinski definition) is 1. The van der Waals surface area contributed by atoms with E-state index in [0.29, 0.717) is 0 Å². The van der Waals surface area contributed by atoms with Crippen LogP contribution in [0.5, 0.6) is 0 Å². The smallest absolute Gasteiger partial charge is 0.304 e. The molecule has 24 heavy (non-hydrogen) atoms. The number of nitro benzene ring substituents is 1. The summed E-state index contributed by atoms with van der Waals surface area (Å²) in [7, 11) is 0. The summed E-state index contributed by atoms with van der Waals surface area (Å²) in [6.07, 6.45) is -0.0628. The molecule has 0 spiro atoms. The van der Waals surface area contributed by atoms with Crippen molar-refractivity contribution in [3.8, 4) is 0 Å². The minimum atomic E-state index is -0.904. The molecule has 0 heterocycles. The van der Waals surface area contributed by atoms with Crippen LogP contribution in [0, 0.1) is 10.1 Å². The number of aliphatic carboxylic acids is 1. The molecule has 0 aliphatic heterocycles. The van der Waals surface area contributed by atoms with Crippen molar-refractivity contribution >= 4 is 11.7 Å². The van der Waals surface area contributed by atoms with Gasteiger partial charge < -0.3 is 5.11 Å². The summed E-state index contributed by atoms with van der Waals surface area (Å²) in [5.74, 6) is -1.24. The van der Waals surface area contributed by atoms with Gasteiger partial charge in [-0.05, 0) is 22.1 Å². The molecule has 2 aromatic carbocycles. The first kappa shape index (κ1) is 17.7. The highest BCUT2D eigenvalue weighted by atomic mass is 16.6. The molecule has 1 unspecified atom stereocenters. The maximum atomic E-state index is 11.2. The zero-order valence-electron chi connectivity index (χ0n) is 14.0. The SMILES string of the molecule is CC(C)(C)c1ccc(C(CC(=O)O)c2ccc([N+](=O)[O-])cc2)cc1. The van der Waals surface area contributed by atoms with E-state index in [2.05, 4.69) is 20.8 Å². The molecule has 0 amide bonds. The van der Waals surface area contributed by atoms with E-state index in [4.69, 9.17) is 0 Å². The summed E-state index contributed by atoms with van der Waals surface area (Å²) >= 11 is 0. The van der Waals surface area contributed by atoms with Crippen LogP contribution in [0.2, 0.25) is 0 Å². The number of benzene rings is 2. The number of non-ortho nitro benzene ring substituents is 1. The Morgan fingerprint density at radius 2 is 1.50 bits per heavy atom. The molecular formula is C19H21NO4. The lowest BCUT2D eigenvalue weighted by Gasteiger charge is -2.21. The van der Waals surface area contributed by atoms with Gasteiger partial charge in [0.05, 0.1) is 11.3 Å². The molecule has 0 aliphatic rings. The fraction of sp³-hybridized carbons (Fsp3) is 0.316. The lowest BCUT2D eigenvalue weighted by Crippen LogP contribution is -2.12. The van der Waals surface area contributed by atoms with E-state index in [9.17, 15) is 20.0 Å². The number of nitro groups is 1. The Hall–Kier alpha value is -2.69. The third-order valence-corrected chi connectivity index (χ3v) is 4.06. The van der Waals surface area contributed by atoms with Crippen molar-refractivity contribution in [3.05, 3.63) is 75.3 Å². The largest absolute Gasteiger partial charge is 0.481 e. The molecule has 0 saturated carbocycles. The van der Waals surface area contributed by atoms with Gasteiger partial charge in [0.1, 0.15) is 0 Å². The number of carboxylic acid groups (broad SMARTS) is 1. The van der Waals surface area contributed by atoms with E-state index in [1.54, 1.807) is 12.1 Å². The van der Waals surface area contributed by atoms with Gasteiger partial charge in [-0.3, -0.25) is 14.9 Å². The van der Waals surface area contributed by atoms with Gasteiger partial charge in [-0.1, -0.05) is 57.2 Å². The quantitative estimate of drug-likeness (QED) is 0.647. The van der Waals surface area contributed by atoms with Crippen molar-refractivity contribution in [2.45, 2.75) is 38.5 Å². The molecule has 126 valence electrons. The van der Waals surface area contributed by atoms with Crippen LogP contribution in [-0.2, 0) is 10.2 Å². The highest BCUT2D eigenvalue weighted by molar-refractivity contribution is 5.69. The minimum Gasteiger partial charge on any atom is -0.481 e. The van der Waals surface area contributed by atoms with Crippen LogP contribution >= 0.6 is 0 Å². The third kappa shape index (κ3) is 4.19. The topological polar surface area (TPSA) is 80.4 Å². The summed E-state index contributed by atoms with van der Waals surface area (Å²) in [4.78, 5) is 21.6. The van der Waals surface area contributed by atoms with Crippen molar-refractivity contribution in [1.82, 2.24) is 0 Å². The van der Waals surface area contributed by atoms with E-state index >= 15 is 0 Å². The molecule has 5 nitrogen and oxygen atoms in total. The number of nitrogens with zero attached hydrogens (tertiary/aromatic N) is 1. The Labute approximate surface area is 141 Å². The monoisotopic (exact) mass is 327 g/mol. The fourth-order valence-corrected chi connectivity index (χ4v) is 2.65. The van der Waals surface area contributed by atoms with Gasteiger partial charge >= 0.3 is 5.97 Å². The lowest BCUT2D eigenvalue weighted by molar-refractivity contribution is -0.384. The van der Waals surface area contributed by atoms with Crippen molar-refractivity contribution in [2.75, 3.05) is 0 Å². The van der Waals surface area contributed by atoms with Crippen LogP contribution in [0.3, 0.4) is 0 Å². The van der Waals surface area contributed by atoms with E-state index in [1.165, 1.54) is 17.7 Å². The molecular weight excluding hydrogens is 306 g/mol. The highest BCUT2D eigenvalue weighted by Gasteiger charge is 2.20. The maximum absolute atomic E-state index is 11.2. The molecule has 5 heteroatoms. The molecule has 1 atom stereocenters. The Bertz CT molecular complexity index is 727. The molecule has 2 rings (SSSR count). The average Bonchev–Trinajstić information content (AvgIpc) is 2.52. The summed E-state index contributed by atoms with van der Waals surface area (Å²) in [6.45, 7) is 6.35. The van der Waals surface area contributed by atoms with E-state index in [0.717, 1.165) is 11.1 Å². The lowest BCUT2D eigenvalue weighted by atomic mass is 9.83. The number of carboxylic acids is 1. The first-order valence-electron chi connectivity index (χ1n) is 7.75. The van der Waals surface area contributed by atoms with Gasteiger partial charge in [-0.25, -0.2) is 0 Å². The van der Waals surface area contributed by atoms with Crippen LogP contribution < -0.4 is 0 Å². The summed E-state index contributed by atoms with van der Waals surface area (Å²) in [6, 6.07) is 14.0. The van der Waals surface area contributed by atoms with Gasteiger partial charge in [0.15, 0.2) is 0 Å². The van der Waals surface area contributed by atoms with Gasteiger partial charge in [-0.2, -0.15) is 0 Å². The first-order valence-corrected chi connectivity index (χ1v) is 7.75. The average molecular weight is 327 g/mol. The summed E-state index contributed by atoms with van der Waals surface area (Å²) < 4.78 is 0. The van der Waals surface area contributed by atoms with E-state index in [1.807, 2.05) is 24.3 Å². The number of carbonyl (C=O) groups is 1. The van der Waals surface area contributed by atoms with E-state index in [-0.39, 0.29) is 23.4 Å². The van der Waals surface area contributed by atoms with Crippen molar-refractivity contribution in [3.63, 3.8) is 0 Å². The molecule has 0 bridgehead atoms. The molecule has 0 radical (unpaired) electrons. The first-order chi connectivity index (χ1) is 11.2. The van der Waals surface area contributed by atoms with Crippen LogP contribution in [0.25, 0.3) is 0 Å². The molecule has 0 saturated heterocycles. The molecule has 0 fully saturated rings. The summed E-state index contributed by atoms with van der Waals surface area (Å²) in [5.41, 5.74) is 2.83. The highest BCUT2D eigenvalue weighted by Crippen LogP contribution is 2.31. The second-order valence-electron chi connectivity index (χ2n) is 6.87. The van der Waals surface area contributed by atoms with Crippen LogP contribution in [0.15, 0.2) is 48.5 Å². The van der Waals surface area contributed by atoms with Gasteiger partial charge in [0, 0.05) is 18.1 Å². The van der Waals surface area contributed by atoms with Crippen molar-refractivity contribution in [1.29, 1.82) is 0 Å². The van der Waals surface area contributed by atoms with Gasteiger partial charge in [0.2, 0.25) is 0 Å². The second kappa shape index (κ2) is 6.83. The molecule has 2 aromatic rings. The normalized spacial score (nSPS) is 12.6. The van der Waals surface area contributed by atoms with Crippen LogP contribution in [0.1, 0.15) is 49.8 Å². The third-order valence-electron chi connectivity index (χ3n) is 4.06. The predicted molar refractivity (Wildman–Crippen MR) is 92.3 cm³/mol. The zero-order valence-corrected chi connectivity index (χ0v) is 14.0. The Morgan fingerprint density at radius 1 is 1.04 bits per heavy atom.